The number of nitrogens with zero attached hydrogens (tertiary/aromatic N) is 4. The molecule has 0 saturated carbocycles. The van der Waals surface area contributed by atoms with Crippen LogP contribution in [0.2, 0.25) is 0 Å². The molecule has 0 saturated heterocycles. The Morgan fingerprint density at radius 1 is 0.967 bits per heavy atom. The fourth-order valence-corrected chi connectivity index (χ4v) is 2.77. The SMILES string of the molecule is Cc1nc(Nc2ccc(NC(=O)Nc3ccccc3F)cc2)cc(-n2cccn2)n1. The first-order valence-electron chi connectivity index (χ1n) is 9.12. The average Bonchev–Trinajstić information content (AvgIpc) is 3.26. The number of aromatic nitrogens is 4. The average molecular weight is 403 g/mol. The lowest BCUT2D eigenvalue weighted by Crippen LogP contribution is -2.20. The normalized spacial score (nSPS) is 10.5. The van der Waals surface area contributed by atoms with Gasteiger partial charge >= 0.3 is 6.03 Å². The van der Waals surface area contributed by atoms with Crippen LogP contribution in [0.5, 0.6) is 0 Å². The van der Waals surface area contributed by atoms with Crippen molar-refractivity contribution in [2.45, 2.75) is 6.92 Å². The largest absolute Gasteiger partial charge is 0.340 e. The minimum Gasteiger partial charge on any atom is -0.340 e. The summed E-state index contributed by atoms with van der Waals surface area (Å²) in [7, 11) is 0. The zero-order chi connectivity index (χ0) is 20.9. The number of nitrogens with one attached hydrogen (secondary N) is 3. The van der Waals surface area contributed by atoms with Crippen molar-refractivity contribution in [3.05, 3.63) is 84.7 Å². The minimum atomic E-state index is -0.531. The number of amides is 2. The molecule has 0 radical (unpaired) electrons. The Labute approximate surface area is 171 Å². The van der Waals surface area contributed by atoms with E-state index in [-0.39, 0.29) is 5.69 Å². The molecule has 4 rings (SSSR count). The van der Waals surface area contributed by atoms with Gasteiger partial charge < -0.3 is 16.0 Å². The van der Waals surface area contributed by atoms with E-state index in [4.69, 9.17) is 0 Å². The van der Waals surface area contributed by atoms with Crippen molar-refractivity contribution in [2.24, 2.45) is 0 Å². The lowest BCUT2D eigenvalue weighted by atomic mass is 10.2. The van der Waals surface area contributed by atoms with Gasteiger partial charge in [-0.3, -0.25) is 0 Å². The van der Waals surface area contributed by atoms with Crippen LogP contribution in [0, 0.1) is 12.7 Å². The Morgan fingerprint density at radius 2 is 1.73 bits per heavy atom. The van der Waals surface area contributed by atoms with Gasteiger partial charge in [0.25, 0.3) is 0 Å². The number of urea groups is 1. The molecule has 0 fully saturated rings. The molecule has 0 unspecified atom stereocenters. The summed E-state index contributed by atoms with van der Waals surface area (Å²) in [6, 6.07) is 16.1. The molecule has 3 N–H and O–H groups in total. The molecule has 0 spiro atoms. The number of para-hydroxylation sites is 1. The van der Waals surface area contributed by atoms with Gasteiger partial charge in [-0.1, -0.05) is 12.1 Å². The number of halogens is 1. The molecule has 9 heteroatoms. The van der Waals surface area contributed by atoms with E-state index >= 15 is 0 Å². The van der Waals surface area contributed by atoms with Crippen LogP contribution < -0.4 is 16.0 Å². The molecule has 0 atom stereocenters. The topological polar surface area (TPSA) is 96.8 Å². The predicted molar refractivity (Wildman–Crippen MR) is 113 cm³/mol. The van der Waals surface area contributed by atoms with E-state index < -0.39 is 11.8 Å². The molecule has 0 bridgehead atoms. The highest BCUT2D eigenvalue weighted by Gasteiger charge is 2.07. The van der Waals surface area contributed by atoms with Gasteiger partial charge in [0.1, 0.15) is 17.5 Å². The first-order chi connectivity index (χ1) is 14.6. The van der Waals surface area contributed by atoms with Crippen LogP contribution in [0.15, 0.2) is 73.1 Å². The van der Waals surface area contributed by atoms with Gasteiger partial charge in [-0.05, 0) is 49.4 Å². The van der Waals surface area contributed by atoms with Crippen LogP contribution >= 0.6 is 0 Å². The molecule has 0 aliphatic heterocycles. The molecule has 2 aromatic carbocycles. The molecule has 8 nitrogen and oxygen atoms in total. The fourth-order valence-electron chi connectivity index (χ4n) is 2.77. The summed E-state index contributed by atoms with van der Waals surface area (Å²) in [5.74, 6) is 1.37. The highest BCUT2D eigenvalue weighted by molar-refractivity contribution is 5.99. The first-order valence-corrected chi connectivity index (χ1v) is 9.12. The molecule has 2 aromatic heterocycles. The van der Waals surface area contributed by atoms with E-state index in [1.54, 1.807) is 66.5 Å². The van der Waals surface area contributed by atoms with Gasteiger partial charge in [-0.2, -0.15) is 5.10 Å². The molecule has 0 aliphatic carbocycles. The lowest BCUT2D eigenvalue weighted by molar-refractivity contribution is 0.262. The number of rotatable bonds is 5. The number of hydrogen-bond donors (Lipinski definition) is 3. The van der Waals surface area contributed by atoms with Crippen molar-refractivity contribution < 1.29 is 9.18 Å². The van der Waals surface area contributed by atoms with Gasteiger partial charge in [0.05, 0.1) is 5.69 Å². The Hall–Kier alpha value is -4.27. The Kier molecular flexibility index (Phi) is 5.33. The number of anilines is 4. The highest BCUT2D eigenvalue weighted by Crippen LogP contribution is 2.20. The molecular weight excluding hydrogens is 385 g/mol. The van der Waals surface area contributed by atoms with Gasteiger partial charge in [0.15, 0.2) is 5.82 Å². The molecule has 4 aromatic rings. The second kappa shape index (κ2) is 8.39. The number of carbonyl (C=O) groups excluding carboxylic acids is 1. The maximum Gasteiger partial charge on any atom is 0.323 e. The Bertz CT molecular complexity index is 1160. The zero-order valence-electron chi connectivity index (χ0n) is 16.0. The molecule has 2 heterocycles. The van der Waals surface area contributed by atoms with Gasteiger partial charge in [0.2, 0.25) is 0 Å². The van der Waals surface area contributed by atoms with E-state index in [0.29, 0.717) is 23.1 Å². The monoisotopic (exact) mass is 403 g/mol. The number of aryl methyl sites for hydroxylation is 1. The van der Waals surface area contributed by atoms with Crippen LogP contribution in [-0.4, -0.2) is 25.8 Å². The van der Waals surface area contributed by atoms with E-state index in [9.17, 15) is 9.18 Å². The van der Waals surface area contributed by atoms with E-state index in [0.717, 1.165) is 5.69 Å². The van der Waals surface area contributed by atoms with Crippen LogP contribution in [0.25, 0.3) is 5.82 Å². The van der Waals surface area contributed by atoms with Gasteiger partial charge in [0, 0.05) is 29.8 Å². The number of hydrogen-bond acceptors (Lipinski definition) is 5. The highest BCUT2D eigenvalue weighted by atomic mass is 19.1. The van der Waals surface area contributed by atoms with Crippen LogP contribution in [-0.2, 0) is 0 Å². The third kappa shape index (κ3) is 4.58. The van der Waals surface area contributed by atoms with Crippen LogP contribution in [0.3, 0.4) is 0 Å². The maximum atomic E-state index is 13.6. The standard InChI is InChI=1S/C21H18FN7O/c1-14-24-19(13-20(25-14)29-12-4-11-23-29)26-15-7-9-16(10-8-15)27-21(30)28-18-6-3-2-5-17(18)22/h2-13H,1H3,(H,24,25,26)(H2,27,28,30). The number of benzene rings is 2. The first kappa shape index (κ1) is 19.1. The third-order valence-corrected chi connectivity index (χ3v) is 4.10. The van der Waals surface area contributed by atoms with Crippen molar-refractivity contribution in [3.63, 3.8) is 0 Å². The van der Waals surface area contributed by atoms with Crippen molar-refractivity contribution in [2.75, 3.05) is 16.0 Å². The Balaban J connectivity index is 1.42. The molecule has 150 valence electrons. The second-order valence-electron chi connectivity index (χ2n) is 6.37. The van der Waals surface area contributed by atoms with Crippen molar-refractivity contribution in [1.29, 1.82) is 0 Å². The fraction of sp³-hybridized carbons (Fsp3) is 0.0476. The van der Waals surface area contributed by atoms with E-state index in [1.807, 2.05) is 6.07 Å². The summed E-state index contributed by atoms with van der Waals surface area (Å²) in [5, 5.41) is 12.5. The van der Waals surface area contributed by atoms with E-state index in [2.05, 4.69) is 31.0 Å². The third-order valence-electron chi connectivity index (χ3n) is 4.10. The predicted octanol–water partition coefficient (Wildman–Crippen LogP) is 4.50. The summed E-state index contributed by atoms with van der Waals surface area (Å²) in [5.41, 5.74) is 1.45. The van der Waals surface area contributed by atoms with Gasteiger partial charge in [-0.25, -0.2) is 23.8 Å². The lowest BCUT2D eigenvalue weighted by Gasteiger charge is -2.11. The van der Waals surface area contributed by atoms with Crippen molar-refractivity contribution in [1.82, 2.24) is 19.7 Å². The summed E-state index contributed by atoms with van der Waals surface area (Å²) < 4.78 is 15.3. The molecule has 0 aliphatic rings. The van der Waals surface area contributed by atoms with Gasteiger partial charge in [-0.15, -0.1) is 0 Å². The van der Waals surface area contributed by atoms with Crippen molar-refractivity contribution >= 4 is 28.9 Å². The molecule has 2 amide bonds. The summed E-state index contributed by atoms with van der Waals surface area (Å²) >= 11 is 0. The Morgan fingerprint density at radius 3 is 2.47 bits per heavy atom. The number of carbonyl (C=O) groups is 1. The quantitative estimate of drug-likeness (QED) is 0.456. The smallest absolute Gasteiger partial charge is 0.323 e. The summed E-state index contributed by atoms with van der Waals surface area (Å²) in [6.45, 7) is 1.80. The van der Waals surface area contributed by atoms with Crippen LogP contribution in [0.4, 0.5) is 32.1 Å². The van der Waals surface area contributed by atoms with E-state index in [1.165, 1.54) is 12.1 Å². The zero-order valence-corrected chi connectivity index (χ0v) is 16.0. The summed E-state index contributed by atoms with van der Waals surface area (Å²) in [6.07, 6.45) is 3.48. The minimum absolute atomic E-state index is 0.111. The maximum absolute atomic E-state index is 13.6. The van der Waals surface area contributed by atoms with Crippen LogP contribution in [0.1, 0.15) is 5.82 Å². The molecular formula is C21H18FN7O. The second-order valence-corrected chi connectivity index (χ2v) is 6.37. The molecule has 30 heavy (non-hydrogen) atoms. The van der Waals surface area contributed by atoms with Crippen molar-refractivity contribution in [3.8, 4) is 5.82 Å². The summed E-state index contributed by atoms with van der Waals surface area (Å²) in [4.78, 5) is 20.8.